The number of carbonyl (C=O) groups is 2. The van der Waals surface area contributed by atoms with Crippen LogP contribution in [0.2, 0.25) is 0 Å². The van der Waals surface area contributed by atoms with Gasteiger partial charge in [0.1, 0.15) is 0 Å². The van der Waals surface area contributed by atoms with Gasteiger partial charge in [-0.1, -0.05) is 18.9 Å². The van der Waals surface area contributed by atoms with Gasteiger partial charge in [-0.2, -0.15) is 0 Å². The van der Waals surface area contributed by atoms with Crippen LogP contribution < -0.4 is 16.8 Å². The number of hydrogen-bond acceptors (Lipinski definition) is 4. The lowest BCUT2D eigenvalue weighted by Gasteiger charge is -2.25. The van der Waals surface area contributed by atoms with E-state index in [4.69, 9.17) is 11.5 Å². The van der Waals surface area contributed by atoms with Gasteiger partial charge < -0.3 is 16.8 Å². The quantitative estimate of drug-likeness (QED) is 0.737. The number of nitrogens with one attached hydrogen (secondary N) is 1. The van der Waals surface area contributed by atoms with Gasteiger partial charge in [-0.05, 0) is 30.2 Å². The van der Waals surface area contributed by atoms with E-state index in [-0.39, 0.29) is 18.4 Å². The molecule has 20 heavy (non-hydrogen) atoms. The van der Waals surface area contributed by atoms with Gasteiger partial charge in [0, 0.05) is 4.88 Å². The van der Waals surface area contributed by atoms with Crippen LogP contribution in [-0.2, 0) is 9.59 Å². The van der Waals surface area contributed by atoms with Gasteiger partial charge in [0.2, 0.25) is 11.8 Å². The first-order chi connectivity index (χ1) is 9.58. The molecule has 1 aromatic heterocycles. The third-order valence-electron chi connectivity index (χ3n) is 3.78. The molecule has 1 aliphatic rings. The van der Waals surface area contributed by atoms with E-state index in [0.717, 1.165) is 17.7 Å². The van der Waals surface area contributed by atoms with Crippen molar-refractivity contribution in [1.29, 1.82) is 0 Å². The predicted molar refractivity (Wildman–Crippen MR) is 78.9 cm³/mol. The van der Waals surface area contributed by atoms with Crippen LogP contribution in [0.5, 0.6) is 0 Å². The average Bonchev–Trinajstić information content (AvgIpc) is 3.07. The molecule has 2 rings (SSSR count). The van der Waals surface area contributed by atoms with Gasteiger partial charge in [-0.3, -0.25) is 9.59 Å². The molecule has 1 fully saturated rings. The molecule has 5 nitrogen and oxygen atoms in total. The topological polar surface area (TPSA) is 98.2 Å². The van der Waals surface area contributed by atoms with Crippen LogP contribution in [0.4, 0.5) is 0 Å². The van der Waals surface area contributed by atoms with E-state index in [1.807, 2.05) is 17.5 Å². The molecular weight excluding hydrogens is 274 g/mol. The SMILES string of the molecule is NC(=O)CC(N)C(=O)NC(c1cccs1)C1CCCC1. The number of primary amides is 1. The Morgan fingerprint density at radius 2 is 2.10 bits per heavy atom. The number of amides is 2. The predicted octanol–water partition coefficient (Wildman–Crippen LogP) is 1.30. The highest BCUT2D eigenvalue weighted by Gasteiger charge is 2.29. The summed E-state index contributed by atoms with van der Waals surface area (Å²) in [6, 6.07) is 3.16. The molecule has 1 heterocycles. The minimum Gasteiger partial charge on any atom is -0.370 e. The lowest BCUT2D eigenvalue weighted by Crippen LogP contribution is -2.45. The van der Waals surface area contributed by atoms with Crippen molar-refractivity contribution in [2.45, 2.75) is 44.2 Å². The summed E-state index contributed by atoms with van der Waals surface area (Å²) >= 11 is 1.64. The zero-order valence-electron chi connectivity index (χ0n) is 11.4. The summed E-state index contributed by atoms with van der Waals surface area (Å²) in [5.74, 6) is -0.395. The molecule has 1 saturated carbocycles. The largest absolute Gasteiger partial charge is 0.370 e. The fourth-order valence-corrected chi connectivity index (χ4v) is 3.62. The van der Waals surface area contributed by atoms with Gasteiger partial charge in [-0.15, -0.1) is 11.3 Å². The first-order valence-electron chi connectivity index (χ1n) is 6.95. The smallest absolute Gasteiger partial charge is 0.237 e. The fourth-order valence-electron chi connectivity index (χ4n) is 2.75. The molecule has 2 unspecified atom stereocenters. The number of thiophene rings is 1. The van der Waals surface area contributed by atoms with Crippen molar-refractivity contribution in [3.63, 3.8) is 0 Å². The van der Waals surface area contributed by atoms with Crippen LogP contribution in [0.25, 0.3) is 0 Å². The Balaban J connectivity index is 2.04. The minimum absolute atomic E-state index is 0.00364. The molecule has 0 saturated heterocycles. The average molecular weight is 295 g/mol. The van der Waals surface area contributed by atoms with Crippen LogP contribution in [0, 0.1) is 5.92 Å². The zero-order valence-corrected chi connectivity index (χ0v) is 12.2. The van der Waals surface area contributed by atoms with Gasteiger partial charge in [0.25, 0.3) is 0 Å². The minimum atomic E-state index is -0.864. The van der Waals surface area contributed by atoms with Crippen LogP contribution in [0.15, 0.2) is 17.5 Å². The highest BCUT2D eigenvalue weighted by Crippen LogP contribution is 2.37. The van der Waals surface area contributed by atoms with E-state index in [9.17, 15) is 9.59 Å². The molecule has 0 aromatic carbocycles. The van der Waals surface area contributed by atoms with Crippen molar-refractivity contribution in [2.75, 3.05) is 0 Å². The molecular formula is C14H21N3O2S. The van der Waals surface area contributed by atoms with Crippen LogP contribution in [0.3, 0.4) is 0 Å². The maximum Gasteiger partial charge on any atom is 0.237 e. The highest BCUT2D eigenvalue weighted by atomic mass is 32.1. The molecule has 6 heteroatoms. The highest BCUT2D eigenvalue weighted by molar-refractivity contribution is 7.10. The van der Waals surface area contributed by atoms with Crippen molar-refractivity contribution in [1.82, 2.24) is 5.32 Å². The molecule has 5 N–H and O–H groups in total. The van der Waals surface area contributed by atoms with Gasteiger partial charge in [-0.25, -0.2) is 0 Å². The number of carbonyl (C=O) groups excluding carboxylic acids is 2. The molecule has 0 bridgehead atoms. The third-order valence-corrected chi connectivity index (χ3v) is 4.73. The number of hydrogen-bond donors (Lipinski definition) is 3. The summed E-state index contributed by atoms with van der Waals surface area (Å²) < 4.78 is 0. The first kappa shape index (κ1) is 15.0. The van der Waals surface area contributed by atoms with Gasteiger partial charge in [0.15, 0.2) is 0 Å². The molecule has 2 atom stereocenters. The van der Waals surface area contributed by atoms with Crippen molar-refractivity contribution in [3.8, 4) is 0 Å². The van der Waals surface area contributed by atoms with E-state index in [1.165, 1.54) is 12.8 Å². The van der Waals surface area contributed by atoms with Crippen LogP contribution in [0.1, 0.15) is 43.0 Å². The summed E-state index contributed by atoms with van der Waals surface area (Å²) in [6.07, 6.45) is 4.53. The maximum absolute atomic E-state index is 12.1. The first-order valence-corrected chi connectivity index (χ1v) is 7.83. The van der Waals surface area contributed by atoms with E-state index < -0.39 is 11.9 Å². The monoisotopic (exact) mass is 295 g/mol. The van der Waals surface area contributed by atoms with Crippen molar-refractivity contribution >= 4 is 23.2 Å². The maximum atomic E-state index is 12.1. The molecule has 1 aliphatic carbocycles. The molecule has 1 aromatic rings. The van der Waals surface area contributed by atoms with E-state index in [2.05, 4.69) is 5.32 Å². The van der Waals surface area contributed by atoms with E-state index in [0.29, 0.717) is 5.92 Å². The Morgan fingerprint density at radius 3 is 2.65 bits per heavy atom. The lowest BCUT2D eigenvalue weighted by atomic mass is 9.96. The second-order valence-electron chi connectivity index (χ2n) is 5.32. The Labute approximate surface area is 122 Å². The lowest BCUT2D eigenvalue weighted by molar-refractivity contribution is -0.127. The van der Waals surface area contributed by atoms with Crippen molar-refractivity contribution in [3.05, 3.63) is 22.4 Å². The molecule has 0 aliphatic heterocycles. The molecule has 0 radical (unpaired) electrons. The number of nitrogens with two attached hydrogens (primary N) is 2. The zero-order chi connectivity index (χ0) is 14.5. The number of rotatable bonds is 6. The van der Waals surface area contributed by atoms with Gasteiger partial charge >= 0.3 is 0 Å². The standard InChI is InChI=1S/C14H21N3O2S/c15-10(8-12(16)18)14(19)17-13(9-4-1-2-5-9)11-6-3-7-20-11/h3,6-7,9-10,13H,1-2,4-5,8,15H2,(H2,16,18)(H,17,19). The second kappa shape index (κ2) is 6.85. The second-order valence-corrected chi connectivity index (χ2v) is 6.30. The van der Waals surface area contributed by atoms with Crippen molar-refractivity contribution < 1.29 is 9.59 Å². The Bertz CT molecular complexity index is 455. The van der Waals surface area contributed by atoms with Crippen molar-refractivity contribution in [2.24, 2.45) is 17.4 Å². The fraction of sp³-hybridized carbons (Fsp3) is 0.571. The van der Waals surface area contributed by atoms with Crippen LogP contribution >= 0.6 is 11.3 Å². The Morgan fingerprint density at radius 1 is 1.40 bits per heavy atom. The third kappa shape index (κ3) is 3.80. The van der Waals surface area contributed by atoms with E-state index in [1.54, 1.807) is 11.3 Å². The molecule has 110 valence electrons. The summed E-state index contributed by atoms with van der Waals surface area (Å²) in [5.41, 5.74) is 10.8. The summed E-state index contributed by atoms with van der Waals surface area (Å²) in [4.78, 5) is 24.1. The Hall–Kier alpha value is -1.40. The van der Waals surface area contributed by atoms with Gasteiger partial charge in [0.05, 0.1) is 18.5 Å². The molecule has 0 spiro atoms. The normalized spacial score (nSPS) is 18.6. The summed E-state index contributed by atoms with van der Waals surface area (Å²) in [5, 5.41) is 5.01. The summed E-state index contributed by atoms with van der Waals surface area (Å²) in [7, 11) is 0. The van der Waals surface area contributed by atoms with E-state index >= 15 is 0 Å². The Kier molecular flexibility index (Phi) is 5.14. The molecule has 2 amide bonds. The summed E-state index contributed by atoms with van der Waals surface area (Å²) in [6.45, 7) is 0. The van der Waals surface area contributed by atoms with Crippen LogP contribution in [-0.4, -0.2) is 17.9 Å².